The van der Waals surface area contributed by atoms with Gasteiger partial charge in [0.15, 0.2) is 14.8 Å². The molecule has 0 unspecified atom stereocenters. The quantitative estimate of drug-likeness (QED) is 0.503. The average Bonchev–Trinajstić information content (AvgIpc) is 2.32. The molecule has 4 heteroatoms. The van der Waals surface area contributed by atoms with Crippen molar-refractivity contribution < 1.29 is 9.59 Å². The van der Waals surface area contributed by atoms with E-state index in [1.54, 1.807) is 0 Å². The highest BCUT2D eigenvalue weighted by Crippen LogP contribution is 2.64. The van der Waals surface area contributed by atoms with E-state index in [4.69, 9.17) is 0 Å². The Hall–Kier alpha value is 0.300. The molecule has 0 saturated heterocycles. The summed E-state index contributed by atoms with van der Waals surface area (Å²) in [6.07, 6.45) is 1.64. The van der Waals surface area contributed by atoms with Crippen LogP contribution in [0.15, 0.2) is 0 Å². The monoisotopic (exact) mass is 336 g/mol. The van der Waals surface area contributed by atoms with Gasteiger partial charge in [-0.05, 0) is 18.3 Å². The maximum atomic E-state index is 12.3. The lowest BCUT2D eigenvalue weighted by Gasteiger charge is -2.47. The van der Waals surface area contributed by atoms with Crippen molar-refractivity contribution >= 4 is 43.4 Å². The van der Waals surface area contributed by atoms with Crippen LogP contribution in [0.2, 0.25) is 0 Å². The van der Waals surface area contributed by atoms with E-state index in [-0.39, 0.29) is 22.9 Å². The zero-order valence-corrected chi connectivity index (χ0v) is 12.2. The van der Waals surface area contributed by atoms with E-state index in [2.05, 4.69) is 31.9 Å². The first-order valence-electron chi connectivity index (χ1n) is 5.13. The lowest BCUT2D eigenvalue weighted by Crippen LogP contribution is -2.58. The molecule has 2 fully saturated rings. The second kappa shape index (κ2) is 2.95. The highest BCUT2D eigenvalue weighted by molar-refractivity contribution is 9.26. The molecule has 0 aliphatic heterocycles. The normalized spacial score (nSPS) is 42.1. The minimum absolute atomic E-state index is 0.00697. The van der Waals surface area contributed by atoms with Gasteiger partial charge in [-0.3, -0.25) is 9.59 Å². The van der Waals surface area contributed by atoms with Crippen LogP contribution in [-0.2, 0) is 9.59 Å². The molecule has 2 aliphatic carbocycles. The van der Waals surface area contributed by atoms with Crippen molar-refractivity contribution in [1.29, 1.82) is 0 Å². The van der Waals surface area contributed by atoms with Crippen molar-refractivity contribution in [1.82, 2.24) is 0 Å². The first-order valence-corrected chi connectivity index (χ1v) is 6.71. The maximum absolute atomic E-state index is 12.3. The number of rotatable bonds is 0. The van der Waals surface area contributed by atoms with Crippen LogP contribution < -0.4 is 0 Å². The first-order chi connectivity index (χ1) is 6.65. The van der Waals surface area contributed by atoms with E-state index in [0.29, 0.717) is 0 Å². The molecule has 2 atom stereocenters. The van der Waals surface area contributed by atoms with Crippen LogP contribution in [0.1, 0.15) is 33.6 Å². The van der Waals surface area contributed by atoms with Gasteiger partial charge in [-0.15, -0.1) is 0 Å². The van der Waals surface area contributed by atoms with Crippen LogP contribution in [0, 0.1) is 16.7 Å². The van der Waals surface area contributed by atoms with Gasteiger partial charge < -0.3 is 0 Å². The molecule has 0 amide bonds. The highest BCUT2D eigenvalue weighted by atomic mass is 79.9. The van der Waals surface area contributed by atoms with E-state index in [1.165, 1.54) is 0 Å². The summed E-state index contributed by atoms with van der Waals surface area (Å²) in [5.74, 6) is -0.0369. The molecule has 0 aromatic heterocycles. The fourth-order valence-electron chi connectivity index (χ4n) is 3.04. The van der Waals surface area contributed by atoms with Crippen LogP contribution in [-0.4, -0.2) is 14.8 Å². The molecule has 84 valence electrons. The molecular formula is C11H14Br2O2. The van der Waals surface area contributed by atoms with E-state index < -0.39 is 8.65 Å². The molecular weight excluding hydrogens is 324 g/mol. The Morgan fingerprint density at radius 2 is 1.73 bits per heavy atom. The molecule has 2 bridgehead atoms. The standard InChI is InChI=1S/C11H14Br2O2/c1-9(2)6-4-5-10(9,3)8(15)11(12,13)7(6)14/h6H,4-5H2,1-3H3/t6-,10+/m1/s1. The van der Waals surface area contributed by atoms with E-state index in [9.17, 15) is 9.59 Å². The van der Waals surface area contributed by atoms with E-state index in [0.717, 1.165) is 12.8 Å². The van der Waals surface area contributed by atoms with Crippen molar-refractivity contribution in [3.63, 3.8) is 0 Å². The molecule has 0 spiro atoms. The fraction of sp³-hybridized carbons (Fsp3) is 0.818. The Balaban J connectivity index is 2.61. The zero-order chi connectivity index (χ0) is 11.6. The van der Waals surface area contributed by atoms with Crippen LogP contribution in [0.25, 0.3) is 0 Å². The van der Waals surface area contributed by atoms with Crippen LogP contribution in [0.5, 0.6) is 0 Å². The molecule has 2 nitrogen and oxygen atoms in total. The minimum Gasteiger partial charge on any atom is -0.296 e. The second-order valence-corrected chi connectivity index (χ2v) is 8.86. The van der Waals surface area contributed by atoms with Crippen LogP contribution >= 0.6 is 31.9 Å². The maximum Gasteiger partial charge on any atom is 0.197 e. The third kappa shape index (κ3) is 1.15. The molecule has 2 aliphatic rings. The first kappa shape index (κ1) is 11.8. The third-order valence-electron chi connectivity index (χ3n) is 4.64. The summed E-state index contributed by atoms with van der Waals surface area (Å²) in [5, 5.41) is 0. The lowest BCUT2D eigenvalue weighted by molar-refractivity contribution is -0.146. The summed E-state index contributed by atoms with van der Waals surface area (Å²) in [6, 6.07) is 0. The largest absolute Gasteiger partial charge is 0.296 e. The second-order valence-electron chi connectivity index (χ2n) is 5.41. The predicted molar refractivity (Wildman–Crippen MR) is 65.2 cm³/mol. The van der Waals surface area contributed by atoms with Gasteiger partial charge in [0, 0.05) is 11.3 Å². The van der Waals surface area contributed by atoms with Gasteiger partial charge in [0.2, 0.25) is 0 Å². The van der Waals surface area contributed by atoms with Gasteiger partial charge in [0.25, 0.3) is 0 Å². The Morgan fingerprint density at radius 1 is 1.20 bits per heavy atom. The smallest absolute Gasteiger partial charge is 0.197 e. The molecule has 0 radical (unpaired) electrons. The number of carbonyl (C=O) groups is 2. The Bertz CT molecular complexity index is 360. The average molecular weight is 338 g/mol. The van der Waals surface area contributed by atoms with Crippen molar-refractivity contribution in [2.24, 2.45) is 16.7 Å². The van der Waals surface area contributed by atoms with Gasteiger partial charge in [0.05, 0.1) is 0 Å². The number of hydrogen-bond donors (Lipinski definition) is 0. The fourth-order valence-corrected chi connectivity index (χ4v) is 4.47. The number of carbonyl (C=O) groups excluding carboxylic acids is 2. The summed E-state index contributed by atoms with van der Waals surface area (Å²) >= 11 is 6.50. The number of alkyl halides is 2. The van der Waals surface area contributed by atoms with Crippen molar-refractivity contribution in [2.75, 3.05) is 0 Å². The Labute approximate surface area is 106 Å². The van der Waals surface area contributed by atoms with Gasteiger partial charge in [-0.1, -0.05) is 52.6 Å². The number of halogens is 2. The van der Waals surface area contributed by atoms with Crippen LogP contribution in [0.3, 0.4) is 0 Å². The topological polar surface area (TPSA) is 34.1 Å². The Kier molecular flexibility index (Phi) is 2.31. The molecule has 0 heterocycles. The predicted octanol–water partition coefficient (Wildman–Crippen LogP) is 3.07. The third-order valence-corrected chi connectivity index (χ3v) is 6.14. The zero-order valence-electron chi connectivity index (χ0n) is 9.06. The number of fused-ring (bicyclic) bond motifs is 2. The van der Waals surface area contributed by atoms with Gasteiger partial charge in [-0.2, -0.15) is 0 Å². The molecule has 0 N–H and O–H groups in total. The van der Waals surface area contributed by atoms with Crippen molar-refractivity contribution in [2.45, 2.75) is 36.8 Å². The summed E-state index contributed by atoms with van der Waals surface area (Å²) in [7, 11) is 0. The van der Waals surface area contributed by atoms with Crippen molar-refractivity contribution in [3.05, 3.63) is 0 Å². The van der Waals surface area contributed by atoms with Crippen LogP contribution in [0.4, 0.5) is 0 Å². The molecule has 15 heavy (non-hydrogen) atoms. The molecule has 0 aromatic rings. The summed E-state index contributed by atoms with van der Waals surface area (Å²) in [5.41, 5.74) is -0.606. The lowest BCUT2D eigenvalue weighted by atomic mass is 9.58. The van der Waals surface area contributed by atoms with Crippen molar-refractivity contribution in [3.8, 4) is 0 Å². The number of hydrogen-bond acceptors (Lipinski definition) is 2. The minimum atomic E-state index is -1.13. The number of Topliss-reactive ketones (excluding diaryl/α,β-unsaturated/α-hetero) is 2. The number of ketones is 2. The van der Waals surface area contributed by atoms with Gasteiger partial charge in [0.1, 0.15) is 0 Å². The summed E-state index contributed by atoms with van der Waals surface area (Å²) in [6.45, 7) is 6.06. The molecule has 2 saturated carbocycles. The summed E-state index contributed by atoms with van der Waals surface area (Å²) < 4.78 is -1.13. The van der Waals surface area contributed by atoms with E-state index >= 15 is 0 Å². The molecule has 0 aromatic carbocycles. The van der Waals surface area contributed by atoms with E-state index in [1.807, 2.05) is 20.8 Å². The Morgan fingerprint density at radius 3 is 2.27 bits per heavy atom. The molecule has 2 rings (SSSR count). The SMILES string of the molecule is CC1(C)[C@@H]2CC[C@@]1(C)C(=O)C(Br)(Br)C2=O. The highest BCUT2D eigenvalue weighted by Gasteiger charge is 2.68. The van der Waals surface area contributed by atoms with Gasteiger partial charge >= 0.3 is 0 Å². The van der Waals surface area contributed by atoms with Gasteiger partial charge in [-0.25, -0.2) is 0 Å². The summed E-state index contributed by atoms with van der Waals surface area (Å²) in [4.78, 5) is 24.5.